The molecule has 3 unspecified atom stereocenters. The molecule has 17 heteroatoms. The molecule has 3 amide bonds. The van der Waals surface area contributed by atoms with Crippen LogP contribution in [0.1, 0.15) is 148 Å². The van der Waals surface area contributed by atoms with Gasteiger partial charge in [-0.3, -0.25) is 33.3 Å². The molecule has 0 fully saturated rings. The summed E-state index contributed by atoms with van der Waals surface area (Å²) in [6, 6.07) is -2.94. The van der Waals surface area contributed by atoms with Gasteiger partial charge in [-0.15, -0.1) is 0 Å². The van der Waals surface area contributed by atoms with Gasteiger partial charge in [0.05, 0.1) is 5.92 Å². The number of carbonyl (C=O) groups excluding carboxylic acids is 4. The van der Waals surface area contributed by atoms with E-state index < -0.39 is 82.2 Å². The highest BCUT2D eigenvalue weighted by molar-refractivity contribution is 7.85. The van der Waals surface area contributed by atoms with E-state index >= 15 is 0 Å². The zero-order valence-corrected chi connectivity index (χ0v) is 31.4. The van der Waals surface area contributed by atoms with E-state index in [1.165, 1.54) is 19.8 Å². The number of amides is 3. The third-order valence-electron chi connectivity index (χ3n) is 8.59. The molecule has 3 atom stereocenters. The summed E-state index contributed by atoms with van der Waals surface area (Å²) in [5.74, 6) is -8.62. The van der Waals surface area contributed by atoms with Crippen molar-refractivity contribution in [2.45, 2.75) is 160 Å². The van der Waals surface area contributed by atoms with Gasteiger partial charge in [-0.05, 0) is 38.5 Å². The van der Waals surface area contributed by atoms with Crippen LogP contribution in [0.15, 0.2) is 0 Å². The number of aliphatic carboxylic acids is 3. The molecule has 16 nitrogen and oxygen atoms in total. The molecule has 0 radical (unpaired) electrons. The van der Waals surface area contributed by atoms with Crippen molar-refractivity contribution < 1.29 is 61.9 Å². The third-order valence-corrected chi connectivity index (χ3v) is 9.34. The third kappa shape index (κ3) is 29.0. The summed E-state index contributed by atoms with van der Waals surface area (Å²) in [6.45, 7) is 1.69. The van der Waals surface area contributed by atoms with Crippen molar-refractivity contribution in [2.24, 2.45) is 5.92 Å². The largest absolute Gasteiger partial charge is 0.481 e. The average molecular weight is 764 g/mol. The highest BCUT2D eigenvalue weighted by Gasteiger charge is 2.31. The fourth-order valence-corrected chi connectivity index (χ4v) is 6.33. The quantitative estimate of drug-likeness (QED) is 0.0361. The molecule has 0 bridgehead atoms. The van der Waals surface area contributed by atoms with Gasteiger partial charge in [0.2, 0.25) is 17.7 Å². The van der Waals surface area contributed by atoms with Crippen LogP contribution in [0.2, 0.25) is 0 Å². The Balaban J connectivity index is 4.56. The maximum atomic E-state index is 13.0. The molecule has 0 aromatic heterocycles. The van der Waals surface area contributed by atoms with Gasteiger partial charge in [-0.25, -0.2) is 4.79 Å². The molecule has 7 N–H and O–H groups in total. The fourth-order valence-electron chi connectivity index (χ4n) is 5.64. The van der Waals surface area contributed by atoms with Gasteiger partial charge in [0.25, 0.3) is 10.1 Å². The lowest BCUT2D eigenvalue weighted by Crippen LogP contribution is -2.46. The number of unbranched alkanes of at least 4 members (excludes halogenated alkanes) is 14. The van der Waals surface area contributed by atoms with Gasteiger partial charge in [0, 0.05) is 39.2 Å². The Morgan fingerprint density at radius 1 is 0.558 bits per heavy atom. The van der Waals surface area contributed by atoms with E-state index in [0.717, 1.165) is 70.6 Å². The Labute approximate surface area is 307 Å². The van der Waals surface area contributed by atoms with Crippen LogP contribution in [0.5, 0.6) is 0 Å². The summed E-state index contributed by atoms with van der Waals surface area (Å²) < 4.78 is 32.5. The topological polar surface area (TPSA) is 271 Å². The molecule has 0 saturated heterocycles. The SMILES string of the molecule is CC(=O)NCCCCC(NC(=O)CCC(CC(=O)C(CS(=O)(=O)O)NC(=O)CCCCCCCCCCCCCCCCC(=O)O)C(=O)O)C(=O)O. The first-order valence-electron chi connectivity index (χ1n) is 18.5. The number of nitrogens with one attached hydrogen (secondary N) is 3. The summed E-state index contributed by atoms with van der Waals surface area (Å²) in [4.78, 5) is 82.8. The van der Waals surface area contributed by atoms with Crippen molar-refractivity contribution in [1.29, 1.82) is 0 Å². The zero-order valence-electron chi connectivity index (χ0n) is 30.6. The lowest BCUT2D eigenvalue weighted by Gasteiger charge is -2.19. The summed E-state index contributed by atoms with van der Waals surface area (Å²) in [5.41, 5.74) is 0. The van der Waals surface area contributed by atoms with Crippen LogP contribution < -0.4 is 16.0 Å². The number of Topliss-reactive ketones (excluding diaryl/α,β-unsaturated/α-hetero) is 1. The van der Waals surface area contributed by atoms with E-state index in [1.807, 2.05) is 0 Å². The molecule has 0 aliphatic carbocycles. The predicted molar refractivity (Wildman–Crippen MR) is 192 cm³/mol. The second-order valence-corrected chi connectivity index (χ2v) is 14.9. The van der Waals surface area contributed by atoms with E-state index in [-0.39, 0.29) is 31.6 Å². The minimum Gasteiger partial charge on any atom is -0.481 e. The number of hydrogen-bond donors (Lipinski definition) is 7. The van der Waals surface area contributed by atoms with Gasteiger partial charge in [0.15, 0.2) is 5.78 Å². The van der Waals surface area contributed by atoms with Crippen LogP contribution >= 0.6 is 0 Å². The summed E-state index contributed by atoms with van der Waals surface area (Å²) in [6.07, 6.45) is 13.5. The number of ketones is 1. The molecular weight excluding hydrogens is 702 g/mol. The van der Waals surface area contributed by atoms with Crippen LogP contribution in [0.25, 0.3) is 0 Å². The second-order valence-electron chi connectivity index (χ2n) is 13.4. The van der Waals surface area contributed by atoms with E-state index in [9.17, 15) is 56.7 Å². The molecule has 0 aromatic carbocycles. The Hall–Kier alpha value is -3.60. The molecule has 0 aliphatic heterocycles. The summed E-state index contributed by atoms with van der Waals surface area (Å²) >= 11 is 0. The van der Waals surface area contributed by atoms with Crippen molar-refractivity contribution in [3.05, 3.63) is 0 Å². The van der Waals surface area contributed by atoms with Gasteiger partial charge >= 0.3 is 17.9 Å². The van der Waals surface area contributed by atoms with Crippen molar-refractivity contribution in [3.8, 4) is 0 Å². The standard InChI is InChI=1S/C35H61N3O13S/c1-26(39)36-23-17-16-18-28(35(47)48)37-32(42)22-21-27(34(45)46)24-30(40)29(25-52(49,50)51)38-31(41)19-14-12-10-8-6-4-2-3-5-7-9-11-13-15-20-33(43)44/h27-29H,2-25H2,1H3,(H,36,39)(H,37,42)(H,38,41)(H,43,44)(H,45,46)(H,47,48)(H,49,50,51). The smallest absolute Gasteiger partial charge is 0.326 e. The Morgan fingerprint density at radius 2 is 1.02 bits per heavy atom. The van der Waals surface area contributed by atoms with Gasteiger partial charge in [-0.2, -0.15) is 8.42 Å². The first kappa shape index (κ1) is 48.4. The van der Waals surface area contributed by atoms with Gasteiger partial charge in [0.1, 0.15) is 17.8 Å². The number of carbonyl (C=O) groups is 7. The number of carboxylic acids is 3. The molecule has 0 aliphatic rings. The molecule has 0 heterocycles. The lowest BCUT2D eigenvalue weighted by atomic mass is 9.94. The molecule has 52 heavy (non-hydrogen) atoms. The molecular formula is C35H61N3O13S. The summed E-state index contributed by atoms with van der Waals surface area (Å²) in [7, 11) is -4.73. The van der Waals surface area contributed by atoms with Crippen molar-refractivity contribution in [1.82, 2.24) is 16.0 Å². The molecule has 0 aromatic rings. The molecule has 0 spiro atoms. The van der Waals surface area contributed by atoms with E-state index in [1.54, 1.807) is 0 Å². The van der Waals surface area contributed by atoms with Crippen LogP contribution in [-0.4, -0.2) is 94.1 Å². The molecule has 0 saturated carbocycles. The molecule has 0 rings (SSSR count). The monoisotopic (exact) mass is 763 g/mol. The maximum absolute atomic E-state index is 13.0. The Bertz CT molecular complexity index is 1230. The average Bonchev–Trinajstić information content (AvgIpc) is 3.04. The Kier molecular flexibility index (Phi) is 26.9. The van der Waals surface area contributed by atoms with Gasteiger partial charge in [-0.1, -0.05) is 77.0 Å². The number of carboxylic acid groups (broad SMARTS) is 3. The van der Waals surface area contributed by atoms with Crippen LogP contribution in [-0.2, 0) is 43.7 Å². The van der Waals surface area contributed by atoms with Crippen molar-refractivity contribution in [3.63, 3.8) is 0 Å². The highest BCUT2D eigenvalue weighted by atomic mass is 32.2. The normalized spacial score (nSPS) is 13.0. The van der Waals surface area contributed by atoms with Crippen LogP contribution in [0.3, 0.4) is 0 Å². The summed E-state index contributed by atoms with van der Waals surface area (Å²) in [5, 5.41) is 34.9. The number of hydrogen-bond acceptors (Lipinski definition) is 9. The molecule has 300 valence electrons. The Morgan fingerprint density at radius 3 is 1.46 bits per heavy atom. The van der Waals surface area contributed by atoms with Crippen LogP contribution in [0, 0.1) is 5.92 Å². The van der Waals surface area contributed by atoms with Crippen LogP contribution in [0.4, 0.5) is 0 Å². The van der Waals surface area contributed by atoms with E-state index in [0.29, 0.717) is 25.8 Å². The minimum absolute atomic E-state index is 0.00603. The zero-order chi connectivity index (χ0) is 39.4. The van der Waals surface area contributed by atoms with Crippen molar-refractivity contribution in [2.75, 3.05) is 12.3 Å². The van der Waals surface area contributed by atoms with E-state index in [2.05, 4.69) is 16.0 Å². The highest BCUT2D eigenvalue weighted by Crippen LogP contribution is 2.16. The van der Waals surface area contributed by atoms with Gasteiger partial charge < -0.3 is 31.3 Å². The minimum atomic E-state index is -4.73. The van der Waals surface area contributed by atoms with E-state index in [4.69, 9.17) is 5.11 Å². The first-order valence-corrected chi connectivity index (χ1v) is 20.1. The first-order chi connectivity index (χ1) is 24.5. The lowest BCUT2D eigenvalue weighted by molar-refractivity contribution is -0.145. The van der Waals surface area contributed by atoms with Crippen molar-refractivity contribution >= 4 is 51.5 Å². The predicted octanol–water partition coefficient (Wildman–Crippen LogP) is 4.00. The second kappa shape index (κ2) is 28.9. The maximum Gasteiger partial charge on any atom is 0.326 e. The number of rotatable bonds is 34. The fraction of sp³-hybridized carbons (Fsp3) is 0.800.